The molecular weight excluding hydrogens is 266 g/mol. The fourth-order valence-corrected chi connectivity index (χ4v) is 2.37. The average Bonchev–Trinajstić information content (AvgIpc) is 2.84. The fourth-order valence-electron chi connectivity index (χ4n) is 1.56. The number of thiazole rings is 1. The van der Waals surface area contributed by atoms with E-state index in [9.17, 15) is 9.59 Å². The summed E-state index contributed by atoms with van der Waals surface area (Å²) in [5, 5.41) is 3.79. The number of aromatic nitrogens is 3. The van der Waals surface area contributed by atoms with Gasteiger partial charge in [-0.1, -0.05) is 6.92 Å². The first kappa shape index (κ1) is 13.3. The van der Waals surface area contributed by atoms with Crippen molar-refractivity contribution < 1.29 is 0 Å². The predicted molar refractivity (Wildman–Crippen MR) is 75.5 cm³/mol. The van der Waals surface area contributed by atoms with Crippen molar-refractivity contribution in [2.75, 3.05) is 11.1 Å². The van der Waals surface area contributed by atoms with E-state index in [0.29, 0.717) is 6.54 Å². The lowest BCUT2D eigenvalue weighted by molar-refractivity contribution is 0.812. The van der Waals surface area contributed by atoms with Crippen LogP contribution in [0.2, 0.25) is 0 Å². The summed E-state index contributed by atoms with van der Waals surface area (Å²) in [6.07, 6.45) is 2.75. The largest absolute Gasteiger partial charge is 0.383 e. The molecule has 0 atom stereocenters. The van der Waals surface area contributed by atoms with Crippen LogP contribution in [0.15, 0.2) is 15.8 Å². The molecule has 0 saturated carbocycles. The number of nitrogens with two attached hydrogens (primary N) is 1. The summed E-state index contributed by atoms with van der Waals surface area (Å²) in [5.41, 5.74) is 4.88. The average molecular weight is 281 g/mol. The van der Waals surface area contributed by atoms with Crippen molar-refractivity contribution >= 4 is 22.8 Å². The molecule has 0 aliphatic carbocycles. The molecule has 2 aromatic rings. The van der Waals surface area contributed by atoms with Gasteiger partial charge in [-0.25, -0.2) is 9.78 Å². The van der Waals surface area contributed by atoms with Gasteiger partial charge < -0.3 is 11.1 Å². The molecule has 7 nitrogen and oxygen atoms in total. The molecular formula is C11H15N5O2S. The topological polar surface area (TPSA) is 106 Å². The zero-order valence-corrected chi connectivity index (χ0v) is 11.5. The third-order valence-electron chi connectivity index (χ3n) is 2.74. The van der Waals surface area contributed by atoms with Crippen molar-refractivity contribution in [1.29, 1.82) is 0 Å². The Morgan fingerprint density at radius 1 is 1.53 bits per heavy atom. The Labute approximate surface area is 113 Å². The summed E-state index contributed by atoms with van der Waals surface area (Å²) in [4.78, 5) is 30.6. The molecule has 0 aliphatic heterocycles. The van der Waals surface area contributed by atoms with Crippen LogP contribution in [0.25, 0.3) is 0 Å². The number of rotatable bonds is 4. The van der Waals surface area contributed by atoms with Crippen molar-refractivity contribution in [1.82, 2.24) is 14.5 Å². The first-order chi connectivity index (χ1) is 9.02. The maximum atomic E-state index is 11.7. The second kappa shape index (κ2) is 5.27. The number of anilines is 2. The first-order valence-electron chi connectivity index (χ1n) is 5.79. The second-order valence-corrected chi connectivity index (χ2v) is 5.21. The minimum atomic E-state index is -0.532. The minimum absolute atomic E-state index is 0.112. The third kappa shape index (κ3) is 2.68. The zero-order valence-electron chi connectivity index (χ0n) is 10.7. The number of aryl methyl sites for hydroxylation is 1. The Morgan fingerprint density at radius 2 is 2.26 bits per heavy atom. The molecule has 0 fully saturated rings. The molecule has 0 spiro atoms. The molecule has 0 aromatic carbocycles. The molecule has 2 heterocycles. The SMILES string of the molecule is CCc1cnc(CNc2c(N)n(C)c(=O)[nH]c2=O)s1. The van der Waals surface area contributed by atoms with Crippen molar-refractivity contribution in [3.05, 3.63) is 36.9 Å². The van der Waals surface area contributed by atoms with Gasteiger partial charge in [-0.05, 0) is 6.42 Å². The summed E-state index contributed by atoms with van der Waals surface area (Å²) in [7, 11) is 1.50. The van der Waals surface area contributed by atoms with Gasteiger partial charge in [-0.15, -0.1) is 11.3 Å². The summed E-state index contributed by atoms with van der Waals surface area (Å²) in [6, 6.07) is 0. The summed E-state index contributed by atoms with van der Waals surface area (Å²) in [6.45, 7) is 2.45. The van der Waals surface area contributed by atoms with Gasteiger partial charge in [0.1, 0.15) is 16.5 Å². The standard InChI is InChI=1S/C11H15N5O2S/c1-3-6-4-13-7(19-6)5-14-8-9(12)16(2)11(18)15-10(8)17/h4,14H,3,5,12H2,1-2H3,(H,15,17,18). The molecule has 102 valence electrons. The van der Waals surface area contributed by atoms with Crippen LogP contribution in [0.1, 0.15) is 16.8 Å². The molecule has 2 rings (SSSR count). The van der Waals surface area contributed by atoms with E-state index in [4.69, 9.17) is 5.73 Å². The minimum Gasteiger partial charge on any atom is -0.383 e. The Kier molecular flexibility index (Phi) is 3.70. The van der Waals surface area contributed by atoms with Crippen LogP contribution < -0.4 is 22.3 Å². The van der Waals surface area contributed by atoms with Gasteiger partial charge in [0.2, 0.25) is 0 Å². The summed E-state index contributed by atoms with van der Waals surface area (Å²) >= 11 is 1.58. The highest BCUT2D eigenvalue weighted by Crippen LogP contribution is 2.16. The van der Waals surface area contributed by atoms with Crippen LogP contribution in [0, 0.1) is 0 Å². The molecule has 0 radical (unpaired) electrons. The van der Waals surface area contributed by atoms with Gasteiger partial charge in [0.25, 0.3) is 5.56 Å². The number of nitrogen functional groups attached to an aromatic ring is 1. The molecule has 0 saturated heterocycles. The Hall–Kier alpha value is -2.09. The van der Waals surface area contributed by atoms with Crippen molar-refractivity contribution in [2.24, 2.45) is 7.05 Å². The molecule has 19 heavy (non-hydrogen) atoms. The predicted octanol–water partition coefficient (Wildman–Crippen LogP) is 0.287. The van der Waals surface area contributed by atoms with Crippen molar-refractivity contribution in [2.45, 2.75) is 19.9 Å². The lowest BCUT2D eigenvalue weighted by Crippen LogP contribution is -2.32. The van der Waals surface area contributed by atoms with Crippen LogP contribution in [0.5, 0.6) is 0 Å². The number of hydrogen-bond donors (Lipinski definition) is 3. The Bertz CT molecular complexity index is 700. The van der Waals surface area contributed by atoms with Crippen molar-refractivity contribution in [3.8, 4) is 0 Å². The van der Waals surface area contributed by atoms with Gasteiger partial charge >= 0.3 is 5.69 Å². The Balaban J connectivity index is 2.22. The third-order valence-corrected chi connectivity index (χ3v) is 3.88. The maximum absolute atomic E-state index is 11.7. The number of nitrogens with one attached hydrogen (secondary N) is 2. The molecule has 0 amide bonds. The highest BCUT2D eigenvalue weighted by Gasteiger charge is 2.10. The van der Waals surface area contributed by atoms with Crippen LogP contribution in [0.3, 0.4) is 0 Å². The number of hydrogen-bond acceptors (Lipinski definition) is 6. The van der Waals surface area contributed by atoms with E-state index in [-0.39, 0.29) is 11.5 Å². The van der Waals surface area contributed by atoms with E-state index in [1.165, 1.54) is 16.5 Å². The van der Waals surface area contributed by atoms with Crippen LogP contribution in [-0.4, -0.2) is 14.5 Å². The molecule has 0 aliphatic rings. The smallest absolute Gasteiger partial charge is 0.329 e. The number of H-pyrrole nitrogens is 1. The van der Waals surface area contributed by atoms with E-state index >= 15 is 0 Å². The quantitative estimate of drug-likeness (QED) is 0.746. The first-order valence-corrected chi connectivity index (χ1v) is 6.60. The molecule has 4 N–H and O–H groups in total. The van der Waals surface area contributed by atoms with Crippen LogP contribution in [-0.2, 0) is 20.0 Å². The lowest BCUT2D eigenvalue weighted by atomic mass is 10.4. The Morgan fingerprint density at radius 3 is 2.89 bits per heavy atom. The highest BCUT2D eigenvalue weighted by molar-refractivity contribution is 7.11. The number of nitrogens with zero attached hydrogens (tertiary/aromatic N) is 2. The monoisotopic (exact) mass is 281 g/mol. The van der Waals surface area contributed by atoms with Crippen LogP contribution >= 0.6 is 11.3 Å². The van der Waals surface area contributed by atoms with E-state index < -0.39 is 11.2 Å². The van der Waals surface area contributed by atoms with E-state index in [2.05, 4.69) is 22.2 Å². The summed E-state index contributed by atoms with van der Waals surface area (Å²) in [5.74, 6) is 0.112. The normalized spacial score (nSPS) is 10.6. The van der Waals surface area contributed by atoms with Gasteiger partial charge in [-0.2, -0.15) is 0 Å². The fraction of sp³-hybridized carbons (Fsp3) is 0.364. The molecule has 8 heteroatoms. The molecule has 2 aromatic heterocycles. The van der Waals surface area contributed by atoms with E-state index in [1.807, 2.05) is 6.20 Å². The van der Waals surface area contributed by atoms with E-state index in [0.717, 1.165) is 11.4 Å². The lowest BCUT2D eigenvalue weighted by Gasteiger charge is -2.09. The van der Waals surface area contributed by atoms with Gasteiger partial charge in [0, 0.05) is 18.1 Å². The van der Waals surface area contributed by atoms with Gasteiger partial charge in [0.15, 0.2) is 0 Å². The van der Waals surface area contributed by atoms with E-state index in [1.54, 1.807) is 11.3 Å². The maximum Gasteiger partial charge on any atom is 0.329 e. The number of aromatic amines is 1. The van der Waals surface area contributed by atoms with Gasteiger partial charge in [0.05, 0.1) is 6.54 Å². The highest BCUT2D eigenvalue weighted by atomic mass is 32.1. The second-order valence-electron chi connectivity index (χ2n) is 4.01. The summed E-state index contributed by atoms with van der Waals surface area (Å²) < 4.78 is 1.18. The van der Waals surface area contributed by atoms with Crippen LogP contribution in [0.4, 0.5) is 11.5 Å². The van der Waals surface area contributed by atoms with Gasteiger partial charge in [-0.3, -0.25) is 14.3 Å². The van der Waals surface area contributed by atoms with Crippen molar-refractivity contribution in [3.63, 3.8) is 0 Å². The molecule has 0 bridgehead atoms. The molecule has 0 unspecified atom stereocenters. The zero-order chi connectivity index (χ0) is 14.0.